The molecule has 3 amide bonds. The van der Waals surface area contributed by atoms with Crippen LogP contribution in [-0.2, 0) is 14.4 Å². The number of carbonyl (C=O) groups excluding carboxylic acids is 4. The number of rotatable bonds is 8. The minimum atomic E-state index is -0.0910. The van der Waals surface area contributed by atoms with Gasteiger partial charge in [0.05, 0.1) is 0 Å². The fourth-order valence-electron chi connectivity index (χ4n) is 2.62. The van der Waals surface area contributed by atoms with Gasteiger partial charge in [-0.1, -0.05) is 6.42 Å². The highest BCUT2D eigenvalue weighted by Crippen LogP contribution is 2.14. The van der Waals surface area contributed by atoms with Crippen molar-refractivity contribution in [3.05, 3.63) is 29.8 Å². The molecular formula is C18H22N2O4. The summed E-state index contributed by atoms with van der Waals surface area (Å²) in [6, 6.07) is 6.78. The predicted molar refractivity (Wildman–Crippen MR) is 89.5 cm³/mol. The molecule has 1 aromatic carbocycles. The van der Waals surface area contributed by atoms with E-state index >= 15 is 0 Å². The highest BCUT2D eigenvalue weighted by Gasteiger charge is 2.27. The van der Waals surface area contributed by atoms with E-state index in [1.54, 1.807) is 24.3 Å². The third-order valence-electron chi connectivity index (χ3n) is 4.02. The van der Waals surface area contributed by atoms with Gasteiger partial charge in [0.2, 0.25) is 17.7 Å². The quantitative estimate of drug-likeness (QED) is 0.451. The van der Waals surface area contributed by atoms with Crippen molar-refractivity contribution in [3.8, 4) is 0 Å². The Labute approximate surface area is 141 Å². The minimum absolute atomic E-state index is 0.0113. The molecule has 0 radical (unpaired) electrons. The Morgan fingerprint density at radius 3 is 2.21 bits per heavy atom. The van der Waals surface area contributed by atoms with Crippen molar-refractivity contribution in [2.45, 2.75) is 45.4 Å². The molecular weight excluding hydrogens is 308 g/mol. The summed E-state index contributed by atoms with van der Waals surface area (Å²) >= 11 is 0. The van der Waals surface area contributed by atoms with Crippen LogP contribution >= 0.6 is 0 Å². The fourth-order valence-corrected chi connectivity index (χ4v) is 2.62. The number of benzene rings is 1. The van der Waals surface area contributed by atoms with Gasteiger partial charge in [0.1, 0.15) is 0 Å². The molecule has 6 nitrogen and oxygen atoms in total. The Bertz CT molecular complexity index is 621. The van der Waals surface area contributed by atoms with Crippen molar-refractivity contribution < 1.29 is 19.2 Å². The number of carbonyl (C=O) groups is 4. The monoisotopic (exact) mass is 330 g/mol. The predicted octanol–water partition coefficient (Wildman–Crippen LogP) is 2.54. The van der Waals surface area contributed by atoms with Crippen molar-refractivity contribution in [3.63, 3.8) is 0 Å². The number of hydrogen-bond donors (Lipinski definition) is 1. The number of ketones is 1. The zero-order valence-electron chi connectivity index (χ0n) is 13.8. The van der Waals surface area contributed by atoms with Gasteiger partial charge in [0.15, 0.2) is 5.78 Å². The Morgan fingerprint density at radius 1 is 1.00 bits per heavy atom. The normalized spacial score (nSPS) is 14.1. The van der Waals surface area contributed by atoms with Crippen LogP contribution in [0.1, 0.15) is 55.8 Å². The smallest absolute Gasteiger partial charge is 0.229 e. The van der Waals surface area contributed by atoms with Crippen LogP contribution in [0.2, 0.25) is 0 Å². The first-order valence-corrected chi connectivity index (χ1v) is 8.21. The van der Waals surface area contributed by atoms with Gasteiger partial charge in [-0.3, -0.25) is 24.1 Å². The average Bonchev–Trinajstić information content (AvgIpc) is 2.86. The molecule has 0 unspecified atom stereocenters. The van der Waals surface area contributed by atoms with Gasteiger partial charge in [-0.2, -0.15) is 0 Å². The van der Waals surface area contributed by atoms with Crippen LogP contribution in [0, 0.1) is 0 Å². The van der Waals surface area contributed by atoms with Gasteiger partial charge in [0.25, 0.3) is 0 Å². The molecule has 2 rings (SSSR count). The molecule has 128 valence electrons. The summed E-state index contributed by atoms with van der Waals surface area (Å²) in [5.41, 5.74) is 1.28. The van der Waals surface area contributed by atoms with Gasteiger partial charge >= 0.3 is 0 Å². The molecule has 0 aromatic heterocycles. The molecule has 6 heteroatoms. The molecule has 0 atom stereocenters. The number of anilines is 1. The minimum Gasteiger partial charge on any atom is -0.326 e. The van der Waals surface area contributed by atoms with Crippen LogP contribution in [0.25, 0.3) is 0 Å². The lowest BCUT2D eigenvalue weighted by Crippen LogP contribution is -2.29. The molecule has 0 aliphatic carbocycles. The Morgan fingerprint density at radius 2 is 1.62 bits per heavy atom. The van der Waals surface area contributed by atoms with Crippen LogP contribution in [0.4, 0.5) is 5.69 Å². The summed E-state index contributed by atoms with van der Waals surface area (Å²) in [7, 11) is 0. The number of hydrogen-bond acceptors (Lipinski definition) is 4. The van der Waals surface area contributed by atoms with Gasteiger partial charge in [-0.15, -0.1) is 0 Å². The lowest BCUT2D eigenvalue weighted by atomic mass is 10.1. The van der Waals surface area contributed by atoms with E-state index in [1.807, 2.05) is 0 Å². The molecule has 0 spiro atoms. The first-order chi connectivity index (χ1) is 11.5. The maximum Gasteiger partial charge on any atom is 0.229 e. The number of Topliss-reactive ketones (excluding diaryl/α,β-unsaturated/α-hetero) is 1. The molecule has 1 aromatic rings. The molecule has 0 saturated carbocycles. The Balaban J connectivity index is 1.63. The number of amides is 3. The first kappa shape index (κ1) is 17.8. The molecule has 1 aliphatic rings. The highest BCUT2D eigenvalue weighted by atomic mass is 16.2. The van der Waals surface area contributed by atoms with Crippen LogP contribution in [0.3, 0.4) is 0 Å². The maximum absolute atomic E-state index is 11.9. The van der Waals surface area contributed by atoms with E-state index in [4.69, 9.17) is 0 Å². The second kappa shape index (κ2) is 8.38. The van der Waals surface area contributed by atoms with Crippen LogP contribution in [-0.4, -0.2) is 34.9 Å². The van der Waals surface area contributed by atoms with Crippen LogP contribution in [0.5, 0.6) is 0 Å². The number of imide groups is 1. The summed E-state index contributed by atoms with van der Waals surface area (Å²) in [6.45, 7) is 1.95. The van der Waals surface area contributed by atoms with Crippen molar-refractivity contribution >= 4 is 29.2 Å². The van der Waals surface area contributed by atoms with Crippen molar-refractivity contribution in [1.82, 2.24) is 4.90 Å². The third kappa shape index (κ3) is 5.01. The summed E-state index contributed by atoms with van der Waals surface area (Å²) < 4.78 is 0. The molecule has 24 heavy (non-hydrogen) atoms. The van der Waals surface area contributed by atoms with Gasteiger partial charge in [0, 0.05) is 37.1 Å². The largest absolute Gasteiger partial charge is 0.326 e. The molecule has 1 saturated heterocycles. The summed E-state index contributed by atoms with van der Waals surface area (Å²) in [6.07, 6.45) is 3.24. The molecule has 0 bridgehead atoms. The van der Waals surface area contributed by atoms with Gasteiger partial charge < -0.3 is 5.32 Å². The second-order valence-corrected chi connectivity index (χ2v) is 5.93. The van der Waals surface area contributed by atoms with E-state index in [-0.39, 0.29) is 23.5 Å². The van der Waals surface area contributed by atoms with Crippen molar-refractivity contribution in [2.24, 2.45) is 0 Å². The van der Waals surface area contributed by atoms with Crippen molar-refractivity contribution in [1.29, 1.82) is 0 Å². The standard InChI is InChI=1S/C18H22N2O4/c1-13(21)14-6-8-15(9-7-14)19-16(22)5-3-2-4-12-20-17(23)10-11-18(20)24/h6-9H,2-5,10-12H2,1H3,(H,19,22). The first-order valence-electron chi connectivity index (χ1n) is 8.21. The number of unbranched alkanes of at least 4 members (excludes halogenated alkanes) is 2. The second-order valence-electron chi connectivity index (χ2n) is 5.93. The summed E-state index contributed by atoms with van der Waals surface area (Å²) in [5, 5.41) is 2.79. The van der Waals surface area contributed by atoms with E-state index in [9.17, 15) is 19.2 Å². The zero-order valence-corrected chi connectivity index (χ0v) is 13.8. The molecule has 1 aliphatic heterocycles. The Hall–Kier alpha value is -2.50. The SMILES string of the molecule is CC(=O)c1ccc(NC(=O)CCCCCN2C(=O)CCC2=O)cc1. The summed E-state index contributed by atoms with van der Waals surface area (Å²) in [5.74, 6) is -0.278. The lowest BCUT2D eigenvalue weighted by Gasteiger charge is -2.13. The number of likely N-dealkylation sites (tertiary alicyclic amines) is 1. The van der Waals surface area contributed by atoms with Crippen LogP contribution in [0.15, 0.2) is 24.3 Å². The summed E-state index contributed by atoms with van der Waals surface area (Å²) in [4.78, 5) is 47.3. The van der Waals surface area contributed by atoms with E-state index in [1.165, 1.54) is 11.8 Å². The topological polar surface area (TPSA) is 83.6 Å². The lowest BCUT2D eigenvalue weighted by molar-refractivity contribution is -0.138. The van der Waals surface area contributed by atoms with Crippen molar-refractivity contribution in [2.75, 3.05) is 11.9 Å². The third-order valence-corrected chi connectivity index (χ3v) is 4.02. The zero-order chi connectivity index (χ0) is 17.5. The van der Waals surface area contributed by atoms with Gasteiger partial charge in [-0.25, -0.2) is 0 Å². The van der Waals surface area contributed by atoms with Crippen LogP contribution < -0.4 is 5.32 Å². The van der Waals surface area contributed by atoms with E-state index in [2.05, 4.69) is 5.32 Å². The molecule has 1 fully saturated rings. The maximum atomic E-state index is 11.9. The number of nitrogens with one attached hydrogen (secondary N) is 1. The fraction of sp³-hybridized carbons (Fsp3) is 0.444. The molecule has 1 heterocycles. The van der Waals surface area contributed by atoms with E-state index < -0.39 is 0 Å². The molecule has 1 N–H and O–H groups in total. The average molecular weight is 330 g/mol. The van der Waals surface area contributed by atoms with E-state index in [0.717, 1.165) is 12.8 Å². The highest BCUT2D eigenvalue weighted by molar-refractivity contribution is 6.01. The van der Waals surface area contributed by atoms with E-state index in [0.29, 0.717) is 43.5 Å². The number of nitrogens with zero attached hydrogens (tertiary/aromatic N) is 1. The Kier molecular flexibility index (Phi) is 6.23. The van der Waals surface area contributed by atoms with Gasteiger partial charge in [-0.05, 0) is 44.0 Å².